The van der Waals surface area contributed by atoms with Gasteiger partial charge in [-0.2, -0.15) is 0 Å². The highest BCUT2D eigenvalue weighted by atomic mass is 32.2. The van der Waals surface area contributed by atoms with E-state index in [1.165, 1.54) is 11.8 Å². The van der Waals surface area contributed by atoms with Crippen molar-refractivity contribution in [1.29, 1.82) is 0 Å². The number of para-hydroxylation sites is 3. The first-order chi connectivity index (χ1) is 13.0. The van der Waals surface area contributed by atoms with Crippen molar-refractivity contribution in [3.63, 3.8) is 0 Å². The molecule has 1 amide bonds. The van der Waals surface area contributed by atoms with Crippen LogP contribution in [0.2, 0.25) is 0 Å². The highest BCUT2D eigenvalue weighted by molar-refractivity contribution is 8.00. The van der Waals surface area contributed by atoms with E-state index in [1.54, 1.807) is 7.11 Å². The molecule has 0 radical (unpaired) electrons. The van der Waals surface area contributed by atoms with Crippen molar-refractivity contribution in [2.75, 3.05) is 12.4 Å². The predicted octanol–water partition coefficient (Wildman–Crippen LogP) is 4.70. The van der Waals surface area contributed by atoms with Crippen molar-refractivity contribution in [1.82, 2.24) is 9.97 Å². The Bertz CT molecular complexity index is 959. The Morgan fingerprint density at radius 2 is 1.78 bits per heavy atom. The third kappa shape index (κ3) is 4.39. The van der Waals surface area contributed by atoms with Gasteiger partial charge in [-0.15, -0.1) is 0 Å². The Morgan fingerprint density at radius 3 is 2.52 bits per heavy atom. The van der Waals surface area contributed by atoms with Gasteiger partial charge in [0, 0.05) is 5.39 Å². The maximum atomic E-state index is 13.0. The molecule has 0 spiro atoms. The van der Waals surface area contributed by atoms with E-state index < -0.39 is 0 Å². The number of rotatable bonds is 6. The van der Waals surface area contributed by atoms with Crippen LogP contribution in [-0.4, -0.2) is 28.2 Å². The van der Waals surface area contributed by atoms with Gasteiger partial charge in [-0.1, -0.05) is 55.9 Å². The van der Waals surface area contributed by atoms with Crippen LogP contribution in [0.25, 0.3) is 10.9 Å². The van der Waals surface area contributed by atoms with Gasteiger partial charge in [-0.25, -0.2) is 9.97 Å². The molecular weight excluding hydrogens is 358 g/mol. The molecule has 0 fully saturated rings. The number of hydrogen-bond donors (Lipinski definition) is 1. The number of fused-ring (bicyclic) bond motifs is 1. The first-order valence-electron chi connectivity index (χ1n) is 8.83. The number of ether oxygens (including phenoxy) is 1. The van der Waals surface area contributed by atoms with E-state index in [2.05, 4.69) is 15.3 Å². The number of nitrogens with zero attached hydrogens (tertiary/aromatic N) is 2. The third-order valence-corrected chi connectivity index (χ3v) is 5.69. The van der Waals surface area contributed by atoms with Gasteiger partial charge in [-0.3, -0.25) is 4.79 Å². The minimum Gasteiger partial charge on any atom is -0.495 e. The number of nitrogens with one attached hydrogen (secondary N) is 1. The summed E-state index contributed by atoms with van der Waals surface area (Å²) >= 11 is 1.48. The summed E-state index contributed by atoms with van der Waals surface area (Å²) in [6.07, 6.45) is 0. The van der Waals surface area contributed by atoms with Crippen LogP contribution in [-0.2, 0) is 4.79 Å². The van der Waals surface area contributed by atoms with Gasteiger partial charge in [0.05, 0.1) is 23.6 Å². The fourth-order valence-corrected chi connectivity index (χ4v) is 3.98. The number of hydrogen-bond acceptors (Lipinski definition) is 5. The molecule has 0 aliphatic heterocycles. The molecule has 1 aromatic heterocycles. The Morgan fingerprint density at radius 1 is 1.07 bits per heavy atom. The van der Waals surface area contributed by atoms with Gasteiger partial charge in [0.1, 0.15) is 16.6 Å². The van der Waals surface area contributed by atoms with Crippen molar-refractivity contribution in [2.45, 2.75) is 31.0 Å². The highest BCUT2D eigenvalue weighted by Gasteiger charge is 2.26. The standard InChI is InChI=1S/C21H23N3O2S/c1-13(2)19(20(25)24-17-11-7-8-12-18(17)26-4)27-21-15-9-5-6-10-16(15)22-14(3)23-21/h5-13,19H,1-4H3,(H,24,25). The minimum absolute atomic E-state index is 0.0696. The smallest absolute Gasteiger partial charge is 0.238 e. The summed E-state index contributed by atoms with van der Waals surface area (Å²) in [4.78, 5) is 22.1. The SMILES string of the molecule is COc1ccccc1NC(=O)C(Sc1nc(C)nc2ccccc12)C(C)C. The van der Waals surface area contributed by atoms with Crippen LogP contribution in [0.15, 0.2) is 53.6 Å². The Labute approximate surface area is 163 Å². The van der Waals surface area contributed by atoms with Gasteiger partial charge in [0.25, 0.3) is 0 Å². The monoisotopic (exact) mass is 381 g/mol. The quantitative estimate of drug-likeness (QED) is 0.495. The largest absolute Gasteiger partial charge is 0.495 e. The van der Waals surface area contributed by atoms with Crippen LogP contribution < -0.4 is 10.1 Å². The third-order valence-electron chi connectivity index (χ3n) is 4.15. The van der Waals surface area contributed by atoms with Crippen molar-refractivity contribution in [3.05, 3.63) is 54.4 Å². The van der Waals surface area contributed by atoms with E-state index >= 15 is 0 Å². The van der Waals surface area contributed by atoms with Gasteiger partial charge in [-0.05, 0) is 31.0 Å². The van der Waals surface area contributed by atoms with E-state index in [9.17, 15) is 4.79 Å². The number of benzene rings is 2. The number of amides is 1. The lowest BCUT2D eigenvalue weighted by molar-refractivity contribution is -0.116. The highest BCUT2D eigenvalue weighted by Crippen LogP contribution is 2.33. The molecule has 3 aromatic rings. The zero-order chi connectivity index (χ0) is 19.4. The number of aryl methyl sites for hydroxylation is 1. The molecular formula is C21H23N3O2S. The number of aromatic nitrogens is 2. The van der Waals surface area contributed by atoms with E-state index in [0.717, 1.165) is 15.9 Å². The van der Waals surface area contributed by atoms with Gasteiger partial charge in [0.2, 0.25) is 5.91 Å². The number of carbonyl (C=O) groups excluding carboxylic acids is 1. The topological polar surface area (TPSA) is 64.1 Å². The van der Waals surface area contributed by atoms with Gasteiger partial charge < -0.3 is 10.1 Å². The first-order valence-corrected chi connectivity index (χ1v) is 9.71. The Hall–Kier alpha value is -2.60. The number of carbonyl (C=O) groups is 1. The summed E-state index contributed by atoms with van der Waals surface area (Å²) in [7, 11) is 1.59. The molecule has 1 heterocycles. The second-order valence-electron chi connectivity index (χ2n) is 6.57. The molecule has 0 aliphatic carbocycles. The molecule has 1 unspecified atom stereocenters. The Balaban J connectivity index is 1.90. The molecule has 0 aliphatic rings. The second kappa shape index (κ2) is 8.39. The van der Waals surface area contributed by atoms with Crippen LogP contribution >= 0.6 is 11.8 Å². The van der Waals surface area contributed by atoms with Crippen LogP contribution in [0.5, 0.6) is 5.75 Å². The van der Waals surface area contributed by atoms with Crippen molar-refractivity contribution < 1.29 is 9.53 Å². The van der Waals surface area contributed by atoms with E-state index in [1.807, 2.05) is 69.3 Å². The van der Waals surface area contributed by atoms with Crippen LogP contribution in [0.4, 0.5) is 5.69 Å². The summed E-state index contributed by atoms with van der Waals surface area (Å²) in [5, 5.41) is 4.49. The number of anilines is 1. The summed E-state index contributed by atoms with van der Waals surface area (Å²) in [6.45, 7) is 5.95. The normalized spacial score (nSPS) is 12.2. The molecule has 0 saturated carbocycles. The minimum atomic E-state index is -0.299. The number of methoxy groups -OCH3 is 1. The first kappa shape index (κ1) is 19.2. The van der Waals surface area contributed by atoms with Crippen LogP contribution in [0.1, 0.15) is 19.7 Å². The van der Waals surface area contributed by atoms with E-state index in [0.29, 0.717) is 17.3 Å². The molecule has 3 rings (SSSR count). The molecule has 5 nitrogen and oxygen atoms in total. The molecule has 2 aromatic carbocycles. The lowest BCUT2D eigenvalue weighted by Gasteiger charge is -2.21. The molecule has 27 heavy (non-hydrogen) atoms. The summed E-state index contributed by atoms with van der Waals surface area (Å²) in [5.74, 6) is 1.39. The van der Waals surface area contributed by atoms with E-state index in [-0.39, 0.29) is 17.1 Å². The summed E-state index contributed by atoms with van der Waals surface area (Å²) in [5.41, 5.74) is 1.56. The number of thioether (sulfide) groups is 1. The lowest BCUT2D eigenvalue weighted by atomic mass is 10.1. The van der Waals surface area contributed by atoms with Crippen molar-refractivity contribution in [3.8, 4) is 5.75 Å². The molecule has 0 saturated heterocycles. The van der Waals surface area contributed by atoms with Gasteiger partial charge >= 0.3 is 0 Å². The molecule has 6 heteroatoms. The summed E-state index contributed by atoms with van der Waals surface area (Å²) < 4.78 is 5.34. The van der Waals surface area contributed by atoms with Crippen molar-refractivity contribution >= 4 is 34.3 Å². The maximum absolute atomic E-state index is 13.0. The fraction of sp³-hybridized carbons (Fsp3) is 0.286. The zero-order valence-electron chi connectivity index (χ0n) is 15.9. The van der Waals surface area contributed by atoms with Crippen molar-refractivity contribution in [2.24, 2.45) is 5.92 Å². The average molecular weight is 382 g/mol. The molecule has 1 atom stereocenters. The lowest BCUT2D eigenvalue weighted by Crippen LogP contribution is -2.30. The Kier molecular flexibility index (Phi) is 5.96. The maximum Gasteiger partial charge on any atom is 0.238 e. The van der Waals surface area contributed by atoms with Gasteiger partial charge in [0.15, 0.2) is 0 Å². The summed E-state index contributed by atoms with van der Waals surface area (Å²) in [6, 6.07) is 15.3. The van der Waals surface area contributed by atoms with Crippen LogP contribution in [0.3, 0.4) is 0 Å². The fourth-order valence-electron chi connectivity index (χ4n) is 2.81. The average Bonchev–Trinajstić information content (AvgIpc) is 2.65. The second-order valence-corrected chi connectivity index (χ2v) is 7.70. The van der Waals surface area contributed by atoms with E-state index in [4.69, 9.17) is 4.74 Å². The predicted molar refractivity (Wildman–Crippen MR) is 110 cm³/mol. The molecule has 1 N–H and O–H groups in total. The molecule has 0 bridgehead atoms. The van der Waals surface area contributed by atoms with Crippen LogP contribution in [0, 0.1) is 12.8 Å². The molecule has 140 valence electrons. The zero-order valence-corrected chi connectivity index (χ0v) is 16.7.